The van der Waals surface area contributed by atoms with Crippen molar-refractivity contribution in [3.8, 4) is 0 Å². The van der Waals surface area contributed by atoms with E-state index in [0.717, 1.165) is 0 Å². The molecule has 0 saturated carbocycles. The van der Waals surface area contributed by atoms with Gasteiger partial charge in [-0.25, -0.2) is 0 Å². The summed E-state index contributed by atoms with van der Waals surface area (Å²) in [5.74, 6) is 0. The first-order chi connectivity index (χ1) is 6.80. The Labute approximate surface area is 90.6 Å². The minimum absolute atomic E-state index is 1.28. The summed E-state index contributed by atoms with van der Waals surface area (Å²) >= 11 is 0. The zero-order valence-corrected chi connectivity index (χ0v) is 10.7. The highest BCUT2D eigenvalue weighted by molar-refractivity contribution is 7.44. The molecule has 94 valence electrons. The Bertz CT molecular complexity index is 176. The molecule has 0 bridgehead atoms. The first kappa shape index (κ1) is 17.4. The van der Waals surface area contributed by atoms with E-state index in [2.05, 4.69) is 27.7 Å². The van der Waals surface area contributed by atoms with Crippen molar-refractivity contribution >= 4 is 7.82 Å². The Morgan fingerprint density at radius 1 is 1.20 bits per heavy atom. The van der Waals surface area contributed by atoms with Crippen molar-refractivity contribution in [2.75, 3.05) is 26.2 Å². The second kappa shape index (κ2) is 8.19. The van der Waals surface area contributed by atoms with Gasteiger partial charge in [-0.1, -0.05) is 0 Å². The lowest BCUT2D eigenvalue weighted by atomic mass is 10.3. The summed E-state index contributed by atoms with van der Waals surface area (Å²) in [6.07, 6.45) is 0. The summed E-state index contributed by atoms with van der Waals surface area (Å²) in [6.45, 7) is 14.2. The number of nitrogens with zero attached hydrogens (tertiary/aromatic N) is 1. The molecule has 1 atom stereocenters. The van der Waals surface area contributed by atoms with Crippen LogP contribution in [0.15, 0.2) is 0 Å². The van der Waals surface area contributed by atoms with E-state index in [4.69, 9.17) is 14.4 Å². The highest BCUT2D eigenvalue weighted by Crippen LogP contribution is 2.29. The van der Waals surface area contributed by atoms with Crippen molar-refractivity contribution < 1.29 is 28.1 Å². The fourth-order valence-electron chi connectivity index (χ4n) is 1.34. The predicted octanol–water partition coefficient (Wildman–Crippen LogP) is 1.23. The van der Waals surface area contributed by atoms with Crippen LogP contribution < -0.4 is 4.89 Å². The summed E-state index contributed by atoms with van der Waals surface area (Å²) in [7, 11) is -5.06. The van der Waals surface area contributed by atoms with Crippen LogP contribution in [0.4, 0.5) is 4.53 Å². The lowest BCUT2D eigenvalue weighted by Crippen LogP contribution is -2.47. The van der Waals surface area contributed by atoms with Gasteiger partial charge >= 0.3 is 7.82 Å². The number of rotatable bonds is 5. The Morgan fingerprint density at radius 3 is 1.40 bits per heavy atom. The van der Waals surface area contributed by atoms with Crippen LogP contribution in [0.5, 0.6) is 0 Å². The number of halogens is 1. The van der Waals surface area contributed by atoms with E-state index in [1.165, 1.54) is 30.7 Å². The molecule has 0 aromatic carbocycles. The van der Waals surface area contributed by atoms with Crippen LogP contribution in [0.25, 0.3) is 0 Å². The summed E-state index contributed by atoms with van der Waals surface area (Å²) in [5.41, 5.74) is 0. The third kappa shape index (κ3) is 8.96. The fraction of sp³-hybridized carbons (Fsp3) is 1.00. The number of quaternary nitrogens is 1. The molecule has 5 nitrogen and oxygen atoms in total. The lowest BCUT2D eigenvalue weighted by Gasteiger charge is -2.34. The van der Waals surface area contributed by atoms with Gasteiger partial charge in [-0.05, 0) is 32.2 Å². The molecule has 0 heterocycles. The SMILES string of the molecule is CC[N+](CC)(CC)CC.O=P([O-])(O)OF. The van der Waals surface area contributed by atoms with E-state index >= 15 is 0 Å². The summed E-state index contributed by atoms with van der Waals surface area (Å²) in [6, 6.07) is 0. The van der Waals surface area contributed by atoms with Gasteiger partial charge in [0.25, 0.3) is 0 Å². The smallest absolute Gasteiger partial charge is 0.301 e. The van der Waals surface area contributed by atoms with Gasteiger partial charge in [0, 0.05) is 0 Å². The predicted molar refractivity (Wildman–Crippen MR) is 54.4 cm³/mol. The molecule has 0 radical (unpaired) electrons. The molecule has 0 aromatic rings. The Hall–Kier alpha value is -0.0000000000000000555. The normalized spacial score (nSPS) is 15.1. The van der Waals surface area contributed by atoms with Crippen LogP contribution in [-0.4, -0.2) is 35.6 Å². The highest BCUT2D eigenvalue weighted by Gasteiger charge is 2.16. The van der Waals surface area contributed by atoms with E-state index in [-0.39, 0.29) is 0 Å². The molecule has 1 N–H and O–H groups in total. The molecule has 0 spiro atoms. The maximum atomic E-state index is 10.2. The molecule has 0 aliphatic heterocycles. The molecular formula is C8H21FNO4P. The van der Waals surface area contributed by atoms with Crippen molar-refractivity contribution in [2.45, 2.75) is 27.7 Å². The van der Waals surface area contributed by atoms with Crippen LogP contribution in [0.3, 0.4) is 0 Å². The van der Waals surface area contributed by atoms with Crippen LogP contribution >= 0.6 is 7.82 Å². The van der Waals surface area contributed by atoms with Crippen molar-refractivity contribution in [2.24, 2.45) is 0 Å². The van der Waals surface area contributed by atoms with Gasteiger partial charge in [0.15, 0.2) is 0 Å². The molecular weight excluding hydrogens is 224 g/mol. The first-order valence-electron chi connectivity index (χ1n) is 5.00. The van der Waals surface area contributed by atoms with E-state index in [1.54, 1.807) is 0 Å². The molecule has 0 amide bonds. The maximum Gasteiger partial charge on any atom is 0.301 e. The molecule has 15 heavy (non-hydrogen) atoms. The Kier molecular flexibility index (Phi) is 9.49. The van der Waals surface area contributed by atoms with Crippen molar-refractivity contribution in [1.82, 2.24) is 0 Å². The quantitative estimate of drug-likeness (QED) is 0.584. The summed E-state index contributed by atoms with van der Waals surface area (Å²) < 4.78 is 22.4. The number of hydrogen-bond donors (Lipinski definition) is 1. The zero-order valence-electron chi connectivity index (χ0n) is 9.77. The fourth-order valence-corrected chi connectivity index (χ4v) is 1.34. The van der Waals surface area contributed by atoms with Gasteiger partial charge < -0.3 is 14.3 Å². The van der Waals surface area contributed by atoms with Crippen LogP contribution in [0.2, 0.25) is 0 Å². The van der Waals surface area contributed by atoms with Crippen LogP contribution in [-0.2, 0) is 9.29 Å². The van der Waals surface area contributed by atoms with Gasteiger partial charge in [-0.15, -0.1) is 4.73 Å². The maximum absolute atomic E-state index is 10.2. The molecule has 0 aromatic heterocycles. The third-order valence-electron chi connectivity index (χ3n) is 2.77. The monoisotopic (exact) mass is 245 g/mol. The minimum Gasteiger partial charge on any atom is -0.754 e. The van der Waals surface area contributed by atoms with E-state index in [9.17, 15) is 4.53 Å². The van der Waals surface area contributed by atoms with E-state index in [1.807, 2.05) is 4.73 Å². The Morgan fingerprint density at radius 2 is 1.40 bits per heavy atom. The largest absolute Gasteiger partial charge is 0.754 e. The average Bonchev–Trinajstić information content (AvgIpc) is 2.22. The van der Waals surface area contributed by atoms with Gasteiger partial charge in [-0.2, -0.15) is 0 Å². The second-order valence-electron chi connectivity index (χ2n) is 3.14. The molecule has 0 aliphatic carbocycles. The number of hydrogen-bond acceptors (Lipinski definition) is 3. The average molecular weight is 245 g/mol. The van der Waals surface area contributed by atoms with Crippen molar-refractivity contribution in [3.05, 3.63) is 0 Å². The van der Waals surface area contributed by atoms with Gasteiger partial charge in [0.05, 0.1) is 26.2 Å². The topological polar surface area (TPSA) is 69.6 Å². The first-order valence-corrected chi connectivity index (χ1v) is 6.49. The Balaban J connectivity index is 0. The van der Waals surface area contributed by atoms with Crippen LogP contribution in [0.1, 0.15) is 27.7 Å². The molecule has 7 heteroatoms. The van der Waals surface area contributed by atoms with E-state index in [0.29, 0.717) is 0 Å². The molecule has 0 saturated heterocycles. The van der Waals surface area contributed by atoms with Gasteiger partial charge in [0.1, 0.15) is 0 Å². The highest BCUT2D eigenvalue weighted by atomic mass is 31.2. The van der Waals surface area contributed by atoms with E-state index < -0.39 is 7.82 Å². The molecule has 1 unspecified atom stereocenters. The van der Waals surface area contributed by atoms with Gasteiger partial charge in [-0.3, -0.25) is 4.57 Å². The molecule has 0 aliphatic rings. The number of phosphoric acid groups is 1. The minimum atomic E-state index is -5.06. The molecule has 0 fully saturated rings. The zero-order chi connectivity index (χ0) is 12.5. The van der Waals surface area contributed by atoms with Crippen molar-refractivity contribution in [3.63, 3.8) is 0 Å². The summed E-state index contributed by atoms with van der Waals surface area (Å²) in [4.78, 5) is 16.2. The lowest BCUT2D eigenvalue weighted by molar-refractivity contribution is -0.921. The van der Waals surface area contributed by atoms with Gasteiger partial charge in [0.2, 0.25) is 0 Å². The standard InChI is InChI=1S/C8H20N.FH2O4P/c1-5-9(6-2,7-3)8-4;1-5-6(2,3)4/h5-8H2,1-4H3;(H2,2,3,4)/q+1;/p-1. The summed E-state index contributed by atoms with van der Waals surface area (Å²) in [5, 5.41) is 0. The third-order valence-corrected chi connectivity index (χ3v) is 2.94. The second-order valence-corrected chi connectivity index (χ2v) is 4.22. The molecule has 0 rings (SSSR count). The van der Waals surface area contributed by atoms with Crippen LogP contribution in [0, 0.1) is 0 Å². The van der Waals surface area contributed by atoms with Crippen molar-refractivity contribution in [1.29, 1.82) is 0 Å².